The number of carbonyl (C=O) groups is 2. The van der Waals surface area contributed by atoms with Crippen molar-refractivity contribution in [2.45, 2.75) is 38.8 Å². The first kappa shape index (κ1) is 13.4. The van der Waals surface area contributed by atoms with Gasteiger partial charge in [-0.15, -0.1) is 0 Å². The van der Waals surface area contributed by atoms with Gasteiger partial charge in [-0.2, -0.15) is 5.10 Å². The fraction of sp³-hybridized carbons (Fsp3) is 0.583. The Balaban J connectivity index is 2.09. The summed E-state index contributed by atoms with van der Waals surface area (Å²) in [5, 5.41) is 16.0. The molecule has 19 heavy (non-hydrogen) atoms. The first-order valence-electron chi connectivity index (χ1n) is 6.32. The standard InChI is InChI=1S/C12H18N4O3/c1-3-15-8-9(7-13-15)14-11(19)16-6-4-5-12(16,2)10(17)18/h7-8H,3-6H2,1-2H3,(H,14,19)(H,17,18). The lowest BCUT2D eigenvalue weighted by Gasteiger charge is -2.30. The van der Waals surface area contributed by atoms with Crippen molar-refractivity contribution in [1.82, 2.24) is 14.7 Å². The summed E-state index contributed by atoms with van der Waals surface area (Å²) in [6.07, 6.45) is 4.44. The van der Waals surface area contributed by atoms with Gasteiger partial charge in [0.1, 0.15) is 5.54 Å². The minimum absolute atomic E-state index is 0.391. The van der Waals surface area contributed by atoms with Gasteiger partial charge in [0.05, 0.1) is 11.9 Å². The molecule has 104 valence electrons. The van der Waals surface area contributed by atoms with Crippen LogP contribution in [0.15, 0.2) is 12.4 Å². The van der Waals surface area contributed by atoms with Gasteiger partial charge in [-0.3, -0.25) is 4.68 Å². The zero-order chi connectivity index (χ0) is 14.0. The Bertz CT molecular complexity index is 499. The van der Waals surface area contributed by atoms with Crippen LogP contribution in [0.3, 0.4) is 0 Å². The fourth-order valence-electron chi connectivity index (χ4n) is 2.30. The lowest BCUT2D eigenvalue weighted by atomic mass is 10.00. The lowest BCUT2D eigenvalue weighted by Crippen LogP contribution is -2.52. The van der Waals surface area contributed by atoms with E-state index in [-0.39, 0.29) is 0 Å². The van der Waals surface area contributed by atoms with E-state index in [0.717, 1.165) is 0 Å². The van der Waals surface area contributed by atoms with Crippen LogP contribution in [-0.4, -0.2) is 43.9 Å². The Morgan fingerprint density at radius 3 is 2.89 bits per heavy atom. The molecule has 7 nitrogen and oxygen atoms in total. The number of nitrogens with zero attached hydrogens (tertiary/aromatic N) is 3. The van der Waals surface area contributed by atoms with Crippen molar-refractivity contribution >= 4 is 17.7 Å². The van der Waals surface area contributed by atoms with Crippen molar-refractivity contribution in [2.24, 2.45) is 0 Å². The van der Waals surface area contributed by atoms with E-state index in [1.54, 1.807) is 24.0 Å². The maximum absolute atomic E-state index is 12.1. The Labute approximate surface area is 111 Å². The van der Waals surface area contributed by atoms with Gasteiger partial charge in [0, 0.05) is 19.3 Å². The Kier molecular flexibility index (Phi) is 3.46. The van der Waals surface area contributed by atoms with E-state index in [2.05, 4.69) is 10.4 Å². The smallest absolute Gasteiger partial charge is 0.329 e. The van der Waals surface area contributed by atoms with Gasteiger partial charge in [0.15, 0.2) is 0 Å². The number of carboxylic acids is 1. The molecule has 2 rings (SSSR count). The van der Waals surface area contributed by atoms with Crippen molar-refractivity contribution < 1.29 is 14.7 Å². The highest BCUT2D eigenvalue weighted by atomic mass is 16.4. The molecule has 0 bridgehead atoms. The Hall–Kier alpha value is -2.05. The second-order valence-corrected chi connectivity index (χ2v) is 4.85. The van der Waals surface area contributed by atoms with Crippen LogP contribution in [0.2, 0.25) is 0 Å². The van der Waals surface area contributed by atoms with Crippen LogP contribution in [-0.2, 0) is 11.3 Å². The number of aromatic nitrogens is 2. The third-order valence-corrected chi connectivity index (χ3v) is 3.56. The van der Waals surface area contributed by atoms with Gasteiger partial charge in [0.2, 0.25) is 0 Å². The highest BCUT2D eigenvalue weighted by molar-refractivity contribution is 5.94. The summed E-state index contributed by atoms with van der Waals surface area (Å²) < 4.78 is 1.69. The molecule has 0 aromatic carbocycles. The van der Waals surface area contributed by atoms with Gasteiger partial charge in [-0.25, -0.2) is 9.59 Å². The van der Waals surface area contributed by atoms with Gasteiger partial charge in [0.25, 0.3) is 0 Å². The monoisotopic (exact) mass is 266 g/mol. The van der Waals surface area contributed by atoms with Gasteiger partial charge >= 0.3 is 12.0 Å². The van der Waals surface area contributed by atoms with Crippen LogP contribution in [0.4, 0.5) is 10.5 Å². The first-order valence-corrected chi connectivity index (χ1v) is 6.32. The number of urea groups is 1. The molecular weight excluding hydrogens is 248 g/mol. The van der Waals surface area contributed by atoms with Crippen LogP contribution >= 0.6 is 0 Å². The first-order chi connectivity index (χ1) is 8.97. The molecule has 1 fully saturated rings. The summed E-state index contributed by atoms with van der Waals surface area (Å²) in [6, 6.07) is -0.391. The average molecular weight is 266 g/mol. The molecule has 1 aliphatic rings. The molecule has 7 heteroatoms. The Morgan fingerprint density at radius 1 is 1.58 bits per heavy atom. The van der Waals surface area contributed by atoms with Gasteiger partial charge in [-0.05, 0) is 26.7 Å². The molecule has 1 saturated heterocycles. The molecule has 0 spiro atoms. The lowest BCUT2D eigenvalue weighted by molar-refractivity contribution is -0.146. The maximum Gasteiger partial charge on any atom is 0.329 e. The van der Waals surface area contributed by atoms with E-state index in [1.165, 1.54) is 4.90 Å². The third kappa shape index (κ3) is 2.40. The summed E-state index contributed by atoms with van der Waals surface area (Å²) in [6.45, 7) is 4.70. The van der Waals surface area contributed by atoms with Crippen LogP contribution in [0.1, 0.15) is 26.7 Å². The molecule has 2 heterocycles. The van der Waals surface area contributed by atoms with E-state index in [9.17, 15) is 14.7 Å². The fourth-order valence-corrected chi connectivity index (χ4v) is 2.30. The van der Waals surface area contributed by atoms with E-state index in [0.29, 0.717) is 31.6 Å². The normalized spacial score (nSPS) is 22.5. The number of likely N-dealkylation sites (tertiary alicyclic amines) is 1. The molecule has 1 aliphatic heterocycles. The number of carboxylic acid groups (broad SMARTS) is 1. The van der Waals surface area contributed by atoms with Crippen molar-refractivity contribution in [3.05, 3.63) is 12.4 Å². The molecular formula is C12H18N4O3. The number of aliphatic carboxylic acids is 1. The molecule has 0 aliphatic carbocycles. The zero-order valence-electron chi connectivity index (χ0n) is 11.1. The van der Waals surface area contributed by atoms with Crippen molar-refractivity contribution in [2.75, 3.05) is 11.9 Å². The van der Waals surface area contributed by atoms with Crippen LogP contribution < -0.4 is 5.32 Å². The van der Waals surface area contributed by atoms with Crippen LogP contribution in [0.25, 0.3) is 0 Å². The van der Waals surface area contributed by atoms with Gasteiger partial charge < -0.3 is 15.3 Å². The number of hydrogen-bond acceptors (Lipinski definition) is 3. The summed E-state index contributed by atoms with van der Waals surface area (Å²) in [5.41, 5.74) is -0.545. The van der Waals surface area contributed by atoms with Gasteiger partial charge in [-0.1, -0.05) is 0 Å². The number of amides is 2. The zero-order valence-corrected chi connectivity index (χ0v) is 11.1. The number of nitrogens with one attached hydrogen (secondary N) is 1. The molecule has 2 amide bonds. The number of aryl methyl sites for hydroxylation is 1. The third-order valence-electron chi connectivity index (χ3n) is 3.56. The topological polar surface area (TPSA) is 87.5 Å². The largest absolute Gasteiger partial charge is 0.480 e. The van der Waals surface area contributed by atoms with Crippen LogP contribution in [0, 0.1) is 0 Å². The summed E-state index contributed by atoms with van der Waals surface area (Å²) in [4.78, 5) is 24.8. The summed E-state index contributed by atoms with van der Waals surface area (Å²) in [7, 11) is 0. The van der Waals surface area contributed by atoms with E-state index in [1.807, 2.05) is 6.92 Å². The molecule has 0 radical (unpaired) electrons. The van der Waals surface area contributed by atoms with E-state index < -0.39 is 17.5 Å². The van der Waals surface area contributed by atoms with Crippen molar-refractivity contribution in [3.8, 4) is 0 Å². The minimum atomic E-state index is -1.12. The highest BCUT2D eigenvalue weighted by Gasteiger charge is 2.46. The number of anilines is 1. The molecule has 0 saturated carbocycles. The molecule has 1 aromatic heterocycles. The summed E-state index contributed by atoms with van der Waals surface area (Å²) in [5.74, 6) is -0.968. The number of carbonyl (C=O) groups excluding carboxylic acids is 1. The van der Waals surface area contributed by atoms with E-state index in [4.69, 9.17) is 0 Å². The second-order valence-electron chi connectivity index (χ2n) is 4.85. The average Bonchev–Trinajstić information content (AvgIpc) is 2.96. The minimum Gasteiger partial charge on any atom is -0.480 e. The highest BCUT2D eigenvalue weighted by Crippen LogP contribution is 2.29. The molecule has 1 atom stereocenters. The predicted octanol–water partition coefficient (Wildman–Crippen LogP) is 1.37. The number of rotatable bonds is 3. The van der Waals surface area contributed by atoms with Crippen molar-refractivity contribution in [3.63, 3.8) is 0 Å². The predicted molar refractivity (Wildman–Crippen MR) is 68.9 cm³/mol. The SMILES string of the molecule is CCn1cc(NC(=O)N2CCCC2(C)C(=O)O)cn1. The number of hydrogen-bond donors (Lipinski definition) is 2. The Morgan fingerprint density at radius 2 is 2.32 bits per heavy atom. The van der Waals surface area contributed by atoms with Crippen molar-refractivity contribution in [1.29, 1.82) is 0 Å². The molecule has 1 aromatic rings. The molecule has 1 unspecified atom stereocenters. The quantitative estimate of drug-likeness (QED) is 0.865. The summed E-state index contributed by atoms with van der Waals surface area (Å²) >= 11 is 0. The van der Waals surface area contributed by atoms with Crippen LogP contribution in [0.5, 0.6) is 0 Å². The molecule has 2 N–H and O–H groups in total. The second kappa shape index (κ2) is 4.91. The maximum atomic E-state index is 12.1. The van der Waals surface area contributed by atoms with E-state index >= 15 is 0 Å².